The predicted octanol–water partition coefficient (Wildman–Crippen LogP) is 9.27. The van der Waals surface area contributed by atoms with Gasteiger partial charge in [-0.15, -0.1) is 0 Å². The van der Waals surface area contributed by atoms with Gasteiger partial charge in [0.05, 0.1) is 22.7 Å². The van der Waals surface area contributed by atoms with E-state index in [1.807, 2.05) is 0 Å². The summed E-state index contributed by atoms with van der Waals surface area (Å²) in [5, 5.41) is 3.73. The first-order chi connectivity index (χ1) is 19.7. The second-order valence-electron chi connectivity index (χ2n) is 10.2. The summed E-state index contributed by atoms with van der Waals surface area (Å²) in [6.07, 6.45) is 0. The second kappa shape index (κ2) is 11.6. The van der Waals surface area contributed by atoms with Crippen molar-refractivity contribution in [1.82, 2.24) is 0 Å². The van der Waals surface area contributed by atoms with Gasteiger partial charge in [0.25, 0.3) is 0 Å². The van der Waals surface area contributed by atoms with Crippen molar-refractivity contribution in [1.29, 1.82) is 0 Å². The molecule has 1 aliphatic heterocycles. The molecule has 0 bridgehead atoms. The molecule has 0 spiro atoms. The fraction of sp³-hybridized carbons (Fsp3) is 0.167. The van der Waals surface area contributed by atoms with E-state index in [0.29, 0.717) is 0 Å². The van der Waals surface area contributed by atoms with Crippen LogP contribution in [-0.4, -0.2) is 13.1 Å². The molecule has 0 fully saturated rings. The van der Waals surface area contributed by atoms with Gasteiger partial charge in [0.2, 0.25) is 0 Å². The van der Waals surface area contributed by atoms with Crippen molar-refractivity contribution in [3.05, 3.63) is 139 Å². The van der Waals surface area contributed by atoms with Gasteiger partial charge in [0.1, 0.15) is 0 Å². The minimum Gasteiger partial charge on any atom is -0.367 e. The Hall–Kier alpha value is -4.70. The quantitative estimate of drug-likeness (QED) is 0.203. The van der Waals surface area contributed by atoms with Gasteiger partial charge in [-0.25, -0.2) is 0 Å². The number of anilines is 7. The van der Waals surface area contributed by atoms with Gasteiger partial charge in [-0.3, -0.25) is 0 Å². The monoisotopic (exact) mass is 524 g/mol. The molecule has 0 saturated carbocycles. The van der Waals surface area contributed by atoms with Crippen molar-refractivity contribution in [2.24, 2.45) is 0 Å². The van der Waals surface area contributed by atoms with Crippen molar-refractivity contribution in [2.45, 2.75) is 26.9 Å². The summed E-state index contributed by atoms with van der Waals surface area (Å²) in [6.45, 7) is 8.06. The van der Waals surface area contributed by atoms with Crippen LogP contribution in [0, 0.1) is 0 Å². The molecule has 6 rings (SSSR count). The standard InChI is InChI=1S/C36H36N4/c1-3-38(26-28-14-8-5-9-15-28)31-20-22-33-35(24-31)40(30-18-12-7-13-19-30)36-25-32(21-23-34(36)37-33)39(4-2)27-29-16-10-6-11-17-29/h5-25,37H,3-4,26-27H2,1-2H3. The number of benzene rings is 5. The van der Waals surface area contributed by atoms with Crippen LogP contribution in [-0.2, 0) is 13.1 Å². The van der Waals surface area contributed by atoms with Crippen LogP contribution in [0.3, 0.4) is 0 Å². The molecule has 0 aromatic heterocycles. The molecular formula is C36H36N4. The summed E-state index contributed by atoms with van der Waals surface area (Å²) in [6, 6.07) is 45.7. The Labute approximate surface area is 238 Å². The van der Waals surface area contributed by atoms with Crippen molar-refractivity contribution in [3.63, 3.8) is 0 Å². The first-order valence-electron chi connectivity index (χ1n) is 14.2. The van der Waals surface area contributed by atoms with Gasteiger partial charge in [-0.2, -0.15) is 0 Å². The average Bonchev–Trinajstić information content (AvgIpc) is 3.02. The van der Waals surface area contributed by atoms with Crippen LogP contribution < -0.4 is 20.0 Å². The Bertz CT molecular complexity index is 1450. The summed E-state index contributed by atoms with van der Waals surface area (Å²) < 4.78 is 0. The van der Waals surface area contributed by atoms with E-state index in [1.54, 1.807) is 0 Å². The van der Waals surface area contributed by atoms with Crippen molar-refractivity contribution in [3.8, 4) is 0 Å². The average molecular weight is 525 g/mol. The molecule has 5 aromatic carbocycles. The fourth-order valence-electron chi connectivity index (χ4n) is 5.52. The molecule has 200 valence electrons. The van der Waals surface area contributed by atoms with Gasteiger partial charge >= 0.3 is 0 Å². The Balaban J connectivity index is 1.40. The van der Waals surface area contributed by atoms with Gasteiger partial charge in [0.15, 0.2) is 0 Å². The Morgan fingerprint density at radius 2 is 0.950 bits per heavy atom. The van der Waals surface area contributed by atoms with E-state index in [1.165, 1.54) is 22.5 Å². The lowest BCUT2D eigenvalue weighted by Gasteiger charge is -2.36. The van der Waals surface area contributed by atoms with Gasteiger partial charge in [-0.05, 0) is 73.5 Å². The molecule has 0 saturated heterocycles. The molecule has 40 heavy (non-hydrogen) atoms. The minimum absolute atomic E-state index is 0.876. The summed E-state index contributed by atoms with van der Waals surface area (Å²) >= 11 is 0. The highest BCUT2D eigenvalue weighted by molar-refractivity contribution is 5.98. The molecular weight excluding hydrogens is 488 g/mol. The third-order valence-corrected chi connectivity index (χ3v) is 7.65. The van der Waals surface area contributed by atoms with Gasteiger partial charge in [-0.1, -0.05) is 78.9 Å². The van der Waals surface area contributed by atoms with Crippen LogP contribution in [0.2, 0.25) is 0 Å². The van der Waals surface area contributed by atoms with E-state index in [2.05, 4.69) is 161 Å². The van der Waals surface area contributed by atoms with Crippen LogP contribution in [0.15, 0.2) is 127 Å². The van der Waals surface area contributed by atoms with Crippen LogP contribution in [0.5, 0.6) is 0 Å². The highest BCUT2D eigenvalue weighted by Gasteiger charge is 2.26. The zero-order valence-electron chi connectivity index (χ0n) is 23.3. The molecule has 5 aromatic rings. The first kappa shape index (κ1) is 25.6. The molecule has 1 heterocycles. The Morgan fingerprint density at radius 3 is 1.38 bits per heavy atom. The van der Waals surface area contributed by atoms with Crippen LogP contribution in [0.4, 0.5) is 39.8 Å². The third kappa shape index (κ3) is 5.26. The molecule has 0 atom stereocenters. The largest absolute Gasteiger partial charge is 0.367 e. The number of hydrogen-bond acceptors (Lipinski definition) is 4. The maximum Gasteiger partial charge on any atom is 0.0718 e. The Morgan fingerprint density at radius 1 is 0.525 bits per heavy atom. The normalized spacial score (nSPS) is 11.8. The molecule has 0 radical (unpaired) electrons. The summed E-state index contributed by atoms with van der Waals surface area (Å²) in [7, 11) is 0. The molecule has 4 nitrogen and oxygen atoms in total. The molecule has 1 aliphatic rings. The van der Waals surface area contributed by atoms with Crippen molar-refractivity contribution >= 4 is 39.8 Å². The maximum atomic E-state index is 3.73. The van der Waals surface area contributed by atoms with Gasteiger partial charge in [0, 0.05) is 43.2 Å². The lowest BCUT2D eigenvalue weighted by Crippen LogP contribution is -2.24. The number of nitrogens with one attached hydrogen (secondary N) is 1. The van der Waals surface area contributed by atoms with E-state index in [0.717, 1.165) is 54.6 Å². The summed E-state index contributed by atoms with van der Waals surface area (Å²) in [4.78, 5) is 7.27. The summed E-state index contributed by atoms with van der Waals surface area (Å²) in [5.74, 6) is 0. The highest BCUT2D eigenvalue weighted by Crippen LogP contribution is 2.50. The fourth-order valence-corrected chi connectivity index (χ4v) is 5.52. The van der Waals surface area contributed by atoms with Crippen LogP contribution in [0.25, 0.3) is 0 Å². The lowest BCUT2D eigenvalue weighted by molar-refractivity contribution is 0.831. The maximum absolute atomic E-state index is 3.73. The topological polar surface area (TPSA) is 21.8 Å². The predicted molar refractivity (Wildman–Crippen MR) is 171 cm³/mol. The lowest BCUT2D eigenvalue weighted by atomic mass is 10.1. The number of nitrogens with zero attached hydrogens (tertiary/aromatic N) is 3. The van der Waals surface area contributed by atoms with Crippen molar-refractivity contribution < 1.29 is 0 Å². The second-order valence-corrected chi connectivity index (χ2v) is 10.2. The van der Waals surface area contributed by atoms with E-state index >= 15 is 0 Å². The SMILES string of the molecule is CCN(Cc1ccccc1)c1ccc2c(c1)N(c1ccccc1)c1cc(N(CC)Cc3ccccc3)ccc1N2. The molecule has 0 unspecified atom stereocenters. The molecule has 1 N–H and O–H groups in total. The summed E-state index contributed by atoms with van der Waals surface area (Å²) in [5.41, 5.74) is 10.7. The highest BCUT2D eigenvalue weighted by atomic mass is 15.2. The van der Waals surface area contributed by atoms with Crippen LogP contribution in [0.1, 0.15) is 25.0 Å². The molecule has 4 heteroatoms. The van der Waals surface area contributed by atoms with E-state index < -0.39 is 0 Å². The number of hydrogen-bond donors (Lipinski definition) is 1. The molecule has 0 aliphatic carbocycles. The molecule has 0 amide bonds. The third-order valence-electron chi connectivity index (χ3n) is 7.65. The first-order valence-corrected chi connectivity index (χ1v) is 14.2. The van der Waals surface area contributed by atoms with E-state index in [4.69, 9.17) is 0 Å². The van der Waals surface area contributed by atoms with E-state index in [9.17, 15) is 0 Å². The zero-order chi connectivity index (χ0) is 27.3. The van der Waals surface area contributed by atoms with E-state index in [-0.39, 0.29) is 0 Å². The van der Waals surface area contributed by atoms with Crippen molar-refractivity contribution in [2.75, 3.05) is 33.1 Å². The number of para-hydroxylation sites is 1. The smallest absolute Gasteiger partial charge is 0.0718 e. The number of rotatable bonds is 9. The number of fused-ring (bicyclic) bond motifs is 2. The Kier molecular flexibility index (Phi) is 7.41. The van der Waals surface area contributed by atoms with Crippen LogP contribution >= 0.6 is 0 Å². The zero-order valence-corrected chi connectivity index (χ0v) is 23.3. The van der Waals surface area contributed by atoms with Gasteiger partial charge < -0.3 is 20.0 Å². The minimum atomic E-state index is 0.876.